The van der Waals surface area contributed by atoms with Crippen LogP contribution in [0, 0.1) is 11.3 Å². The first-order valence-corrected chi connectivity index (χ1v) is 10.9. The minimum Gasteiger partial charge on any atom is -0.293 e. The van der Waals surface area contributed by atoms with Gasteiger partial charge in [0.15, 0.2) is 5.82 Å². The van der Waals surface area contributed by atoms with E-state index in [-0.39, 0.29) is 0 Å². The normalized spacial score (nSPS) is 13.4. The standard InChI is InChI=1S/C26H20ClN5/c27-22-9-7-19(8-10-22)26-29-15-21-16-32(12-11-25(21)31-26)17-23-5-2-6-24(30-23)20-4-1-3-18(13-20)14-28/h1-10,13,15H,11-12,16-17H2. The van der Waals surface area contributed by atoms with Gasteiger partial charge in [0, 0.05) is 54.0 Å². The molecule has 0 aliphatic carbocycles. The van der Waals surface area contributed by atoms with Crippen LogP contribution in [-0.4, -0.2) is 26.4 Å². The highest BCUT2D eigenvalue weighted by atomic mass is 35.5. The van der Waals surface area contributed by atoms with Crippen molar-refractivity contribution in [2.24, 2.45) is 0 Å². The molecule has 0 N–H and O–H groups in total. The molecule has 2 aromatic carbocycles. The van der Waals surface area contributed by atoms with Gasteiger partial charge < -0.3 is 0 Å². The van der Waals surface area contributed by atoms with Crippen molar-refractivity contribution in [2.45, 2.75) is 19.5 Å². The summed E-state index contributed by atoms with van der Waals surface area (Å²) in [7, 11) is 0. The summed E-state index contributed by atoms with van der Waals surface area (Å²) in [6, 6.07) is 23.4. The number of rotatable bonds is 4. The molecule has 0 unspecified atom stereocenters. The third kappa shape index (κ3) is 4.38. The summed E-state index contributed by atoms with van der Waals surface area (Å²) in [6.07, 6.45) is 2.82. The maximum atomic E-state index is 9.16. The Kier molecular flexibility index (Phi) is 5.64. The van der Waals surface area contributed by atoms with Crippen LogP contribution in [0.25, 0.3) is 22.6 Å². The molecule has 5 nitrogen and oxygen atoms in total. The molecule has 4 aromatic rings. The first kappa shape index (κ1) is 20.3. The minimum absolute atomic E-state index is 0.639. The number of hydrogen-bond donors (Lipinski definition) is 0. The second-order valence-electron chi connectivity index (χ2n) is 7.84. The van der Waals surface area contributed by atoms with Gasteiger partial charge in [-0.2, -0.15) is 5.26 Å². The molecule has 6 heteroatoms. The van der Waals surface area contributed by atoms with Crippen molar-refractivity contribution >= 4 is 11.6 Å². The summed E-state index contributed by atoms with van der Waals surface area (Å²) in [5.74, 6) is 0.739. The van der Waals surface area contributed by atoms with E-state index in [0.717, 1.165) is 65.7 Å². The average Bonchev–Trinajstić information content (AvgIpc) is 2.84. The lowest BCUT2D eigenvalue weighted by Crippen LogP contribution is -2.31. The minimum atomic E-state index is 0.639. The fourth-order valence-electron chi connectivity index (χ4n) is 3.95. The van der Waals surface area contributed by atoms with Crippen molar-refractivity contribution < 1.29 is 0 Å². The fraction of sp³-hybridized carbons (Fsp3) is 0.154. The summed E-state index contributed by atoms with van der Waals surface area (Å²) >= 11 is 5.99. The predicted octanol–water partition coefficient (Wildman–Crippen LogP) is 5.29. The highest BCUT2D eigenvalue weighted by Crippen LogP contribution is 2.24. The number of nitriles is 1. The molecule has 0 saturated heterocycles. The van der Waals surface area contributed by atoms with Crippen LogP contribution in [0.3, 0.4) is 0 Å². The lowest BCUT2D eigenvalue weighted by atomic mass is 10.1. The summed E-state index contributed by atoms with van der Waals surface area (Å²) in [5.41, 5.74) is 6.72. The van der Waals surface area contributed by atoms with E-state index in [4.69, 9.17) is 26.8 Å². The van der Waals surface area contributed by atoms with Crippen LogP contribution in [0.1, 0.15) is 22.5 Å². The maximum absolute atomic E-state index is 9.16. The van der Waals surface area contributed by atoms with Gasteiger partial charge in [-0.1, -0.05) is 29.8 Å². The van der Waals surface area contributed by atoms with E-state index in [1.54, 1.807) is 6.07 Å². The lowest BCUT2D eigenvalue weighted by Gasteiger charge is -2.27. The third-order valence-electron chi connectivity index (χ3n) is 5.60. The number of aromatic nitrogens is 3. The predicted molar refractivity (Wildman–Crippen MR) is 125 cm³/mol. The van der Waals surface area contributed by atoms with E-state index in [0.29, 0.717) is 10.6 Å². The van der Waals surface area contributed by atoms with Crippen molar-refractivity contribution in [1.29, 1.82) is 5.26 Å². The van der Waals surface area contributed by atoms with Crippen LogP contribution < -0.4 is 0 Å². The number of halogens is 1. The van der Waals surface area contributed by atoms with E-state index in [1.807, 2.05) is 66.9 Å². The summed E-state index contributed by atoms with van der Waals surface area (Å²) in [5, 5.41) is 9.87. The first-order chi connectivity index (χ1) is 15.7. The van der Waals surface area contributed by atoms with Gasteiger partial charge in [0.05, 0.1) is 28.7 Å². The van der Waals surface area contributed by atoms with Crippen molar-refractivity contribution in [2.75, 3.05) is 6.54 Å². The summed E-state index contributed by atoms with van der Waals surface area (Å²) in [6.45, 7) is 2.47. The van der Waals surface area contributed by atoms with Gasteiger partial charge in [-0.3, -0.25) is 9.88 Å². The molecule has 0 saturated carbocycles. The maximum Gasteiger partial charge on any atom is 0.159 e. The zero-order valence-corrected chi connectivity index (χ0v) is 18.1. The molecule has 0 atom stereocenters. The van der Waals surface area contributed by atoms with Crippen LogP contribution in [-0.2, 0) is 19.5 Å². The van der Waals surface area contributed by atoms with Crippen molar-refractivity contribution in [1.82, 2.24) is 19.9 Å². The Balaban J connectivity index is 1.31. The van der Waals surface area contributed by atoms with Crippen LogP contribution in [0.5, 0.6) is 0 Å². The molecule has 5 rings (SSSR count). The van der Waals surface area contributed by atoms with E-state index in [2.05, 4.69) is 16.0 Å². The molecular weight excluding hydrogens is 418 g/mol. The van der Waals surface area contributed by atoms with Crippen molar-refractivity contribution in [3.63, 3.8) is 0 Å². The largest absolute Gasteiger partial charge is 0.293 e. The van der Waals surface area contributed by atoms with E-state index in [9.17, 15) is 0 Å². The second-order valence-corrected chi connectivity index (χ2v) is 8.28. The van der Waals surface area contributed by atoms with Crippen molar-refractivity contribution in [3.8, 4) is 28.7 Å². The van der Waals surface area contributed by atoms with Crippen LogP contribution in [0.15, 0.2) is 72.9 Å². The van der Waals surface area contributed by atoms with Gasteiger partial charge in [0.1, 0.15) is 0 Å². The summed E-state index contributed by atoms with van der Waals surface area (Å²) in [4.78, 5) is 16.6. The monoisotopic (exact) mass is 437 g/mol. The molecular formula is C26H20ClN5. The Morgan fingerprint density at radius 1 is 0.969 bits per heavy atom. The molecule has 0 amide bonds. The molecule has 156 valence electrons. The zero-order chi connectivity index (χ0) is 21.9. The van der Waals surface area contributed by atoms with E-state index in [1.165, 1.54) is 0 Å². The first-order valence-electron chi connectivity index (χ1n) is 10.5. The van der Waals surface area contributed by atoms with Gasteiger partial charge in [-0.25, -0.2) is 9.97 Å². The highest BCUT2D eigenvalue weighted by Gasteiger charge is 2.19. The van der Waals surface area contributed by atoms with Crippen LogP contribution in [0.2, 0.25) is 5.02 Å². The Hall–Kier alpha value is -3.59. The molecule has 0 fully saturated rings. The second kappa shape index (κ2) is 8.88. The molecule has 1 aliphatic rings. The van der Waals surface area contributed by atoms with Gasteiger partial charge in [-0.15, -0.1) is 0 Å². The topological polar surface area (TPSA) is 65.7 Å². The molecule has 2 aromatic heterocycles. The van der Waals surface area contributed by atoms with E-state index < -0.39 is 0 Å². The zero-order valence-electron chi connectivity index (χ0n) is 17.4. The fourth-order valence-corrected chi connectivity index (χ4v) is 4.08. The number of fused-ring (bicyclic) bond motifs is 1. The van der Waals surface area contributed by atoms with Crippen LogP contribution >= 0.6 is 11.6 Å². The average molecular weight is 438 g/mol. The number of nitrogens with zero attached hydrogens (tertiary/aromatic N) is 5. The van der Waals surface area contributed by atoms with Crippen molar-refractivity contribution in [3.05, 3.63) is 100 Å². The summed E-state index contributed by atoms with van der Waals surface area (Å²) < 4.78 is 0. The molecule has 0 bridgehead atoms. The number of benzene rings is 2. The number of pyridine rings is 1. The Labute approximate surface area is 192 Å². The third-order valence-corrected chi connectivity index (χ3v) is 5.85. The Bertz CT molecular complexity index is 1310. The molecule has 1 aliphatic heterocycles. The highest BCUT2D eigenvalue weighted by molar-refractivity contribution is 6.30. The molecule has 0 radical (unpaired) electrons. The van der Waals surface area contributed by atoms with E-state index >= 15 is 0 Å². The van der Waals surface area contributed by atoms with Gasteiger partial charge in [-0.05, 0) is 48.5 Å². The Morgan fingerprint density at radius 3 is 2.66 bits per heavy atom. The van der Waals surface area contributed by atoms with Gasteiger partial charge in [0.25, 0.3) is 0 Å². The number of hydrogen-bond acceptors (Lipinski definition) is 5. The molecule has 0 spiro atoms. The quantitative estimate of drug-likeness (QED) is 0.434. The molecule has 32 heavy (non-hydrogen) atoms. The lowest BCUT2D eigenvalue weighted by molar-refractivity contribution is 0.240. The molecule has 3 heterocycles. The van der Waals surface area contributed by atoms with Gasteiger partial charge in [0.2, 0.25) is 0 Å². The smallest absolute Gasteiger partial charge is 0.159 e. The SMILES string of the molecule is N#Cc1cccc(-c2cccc(CN3CCc4nc(-c5ccc(Cl)cc5)ncc4C3)n2)c1. The Morgan fingerprint density at radius 2 is 1.81 bits per heavy atom. The van der Waals surface area contributed by atoms with Crippen LogP contribution in [0.4, 0.5) is 0 Å². The van der Waals surface area contributed by atoms with Gasteiger partial charge >= 0.3 is 0 Å².